The highest BCUT2D eigenvalue weighted by Gasteiger charge is 2.29. The number of benzene rings is 1. The lowest BCUT2D eigenvalue weighted by Crippen LogP contribution is -2.10. The van der Waals surface area contributed by atoms with E-state index in [0.717, 1.165) is 18.4 Å². The minimum atomic E-state index is -3.17. The Labute approximate surface area is 90.2 Å². The molecule has 1 aliphatic rings. The van der Waals surface area contributed by atoms with Crippen LogP contribution in [0.25, 0.3) is 0 Å². The van der Waals surface area contributed by atoms with Crippen LogP contribution in [0.1, 0.15) is 18.4 Å². The molecule has 0 bridgehead atoms. The van der Waals surface area contributed by atoms with Gasteiger partial charge in [0.25, 0.3) is 0 Å². The molecule has 2 N–H and O–H groups in total. The largest absolute Gasteiger partial charge is 0.398 e. The molecule has 0 saturated heterocycles. The van der Waals surface area contributed by atoms with Gasteiger partial charge in [0.15, 0.2) is 9.84 Å². The number of sulfone groups is 1. The fourth-order valence-corrected chi connectivity index (χ4v) is 3.46. The molecule has 0 atom stereocenters. The van der Waals surface area contributed by atoms with Gasteiger partial charge in [-0.15, -0.1) is 0 Å². The standard InChI is InChI=1S/C11H15NO2S/c1-8-2-5-11(10(12)6-8)15(13,14)7-9-3-4-9/h2,5-6,9H,3-4,7,12H2,1H3. The summed E-state index contributed by atoms with van der Waals surface area (Å²) in [6.07, 6.45) is 2.07. The molecule has 0 radical (unpaired) electrons. The van der Waals surface area contributed by atoms with Crippen LogP contribution in [0.2, 0.25) is 0 Å². The van der Waals surface area contributed by atoms with Gasteiger partial charge < -0.3 is 5.73 Å². The molecule has 0 aliphatic heterocycles. The minimum Gasteiger partial charge on any atom is -0.398 e. The molecule has 0 unspecified atom stereocenters. The molecule has 2 rings (SSSR count). The summed E-state index contributed by atoms with van der Waals surface area (Å²) >= 11 is 0. The predicted octanol–water partition coefficient (Wildman–Crippen LogP) is 1.76. The van der Waals surface area contributed by atoms with Gasteiger partial charge in [-0.2, -0.15) is 0 Å². The maximum Gasteiger partial charge on any atom is 0.180 e. The number of hydrogen-bond donors (Lipinski definition) is 1. The number of nitrogen functional groups attached to an aromatic ring is 1. The second-order valence-corrected chi connectivity index (χ2v) is 6.27. The van der Waals surface area contributed by atoms with Crippen LogP contribution in [-0.2, 0) is 9.84 Å². The molecule has 0 heterocycles. The molecule has 1 aliphatic carbocycles. The Hall–Kier alpha value is -1.03. The highest BCUT2D eigenvalue weighted by molar-refractivity contribution is 7.91. The smallest absolute Gasteiger partial charge is 0.180 e. The van der Waals surface area contributed by atoms with Gasteiger partial charge in [0.05, 0.1) is 16.3 Å². The molecule has 1 fully saturated rings. The number of aryl methyl sites for hydroxylation is 1. The highest BCUT2D eigenvalue weighted by atomic mass is 32.2. The molecule has 0 amide bonds. The first-order valence-corrected chi connectivity index (χ1v) is 6.73. The van der Waals surface area contributed by atoms with Crippen molar-refractivity contribution in [2.45, 2.75) is 24.7 Å². The summed E-state index contributed by atoms with van der Waals surface area (Å²) in [6.45, 7) is 1.90. The Balaban J connectivity index is 2.34. The van der Waals surface area contributed by atoms with Crippen LogP contribution >= 0.6 is 0 Å². The summed E-state index contributed by atoms with van der Waals surface area (Å²) < 4.78 is 23.9. The van der Waals surface area contributed by atoms with Crippen molar-refractivity contribution in [2.75, 3.05) is 11.5 Å². The van der Waals surface area contributed by atoms with Crippen LogP contribution in [0.5, 0.6) is 0 Å². The zero-order valence-electron chi connectivity index (χ0n) is 8.73. The number of hydrogen-bond acceptors (Lipinski definition) is 3. The SMILES string of the molecule is Cc1ccc(S(=O)(=O)CC2CC2)c(N)c1. The van der Waals surface area contributed by atoms with Gasteiger partial charge in [-0.05, 0) is 43.4 Å². The van der Waals surface area contributed by atoms with Gasteiger partial charge in [-0.1, -0.05) is 6.07 Å². The first kappa shape index (κ1) is 10.5. The van der Waals surface area contributed by atoms with Crippen LogP contribution in [0.4, 0.5) is 5.69 Å². The van der Waals surface area contributed by atoms with Crippen molar-refractivity contribution in [3.63, 3.8) is 0 Å². The van der Waals surface area contributed by atoms with Gasteiger partial charge in [-0.3, -0.25) is 0 Å². The van der Waals surface area contributed by atoms with E-state index in [9.17, 15) is 8.42 Å². The molecule has 1 saturated carbocycles. The predicted molar refractivity (Wildman–Crippen MR) is 60.4 cm³/mol. The Morgan fingerprint density at radius 1 is 1.40 bits per heavy atom. The summed E-state index contributed by atoms with van der Waals surface area (Å²) in [7, 11) is -3.17. The average Bonchev–Trinajstić information content (AvgIpc) is 2.86. The zero-order valence-corrected chi connectivity index (χ0v) is 9.55. The van der Waals surface area contributed by atoms with Gasteiger partial charge in [0.2, 0.25) is 0 Å². The third kappa shape index (κ3) is 2.31. The molecule has 1 aromatic carbocycles. The number of rotatable bonds is 3. The van der Waals surface area contributed by atoms with E-state index < -0.39 is 9.84 Å². The quantitative estimate of drug-likeness (QED) is 0.797. The van der Waals surface area contributed by atoms with Crippen LogP contribution in [0, 0.1) is 12.8 Å². The van der Waals surface area contributed by atoms with Crippen LogP contribution in [0.3, 0.4) is 0 Å². The van der Waals surface area contributed by atoms with Crippen molar-refractivity contribution in [3.8, 4) is 0 Å². The number of nitrogens with two attached hydrogens (primary N) is 1. The lowest BCUT2D eigenvalue weighted by atomic mass is 10.2. The molecule has 4 heteroatoms. The van der Waals surface area contributed by atoms with Gasteiger partial charge in [-0.25, -0.2) is 8.42 Å². The fraction of sp³-hybridized carbons (Fsp3) is 0.455. The van der Waals surface area contributed by atoms with E-state index in [-0.39, 0.29) is 5.75 Å². The Kier molecular flexibility index (Phi) is 2.46. The topological polar surface area (TPSA) is 60.2 Å². The van der Waals surface area contributed by atoms with E-state index in [1.165, 1.54) is 0 Å². The molecular formula is C11H15NO2S. The second kappa shape index (κ2) is 3.52. The Bertz CT molecular complexity index is 475. The van der Waals surface area contributed by atoms with E-state index in [1.807, 2.05) is 6.92 Å². The monoisotopic (exact) mass is 225 g/mol. The average molecular weight is 225 g/mol. The maximum atomic E-state index is 11.9. The maximum absolute atomic E-state index is 11.9. The Morgan fingerprint density at radius 2 is 2.07 bits per heavy atom. The van der Waals surface area contributed by atoms with E-state index >= 15 is 0 Å². The van der Waals surface area contributed by atoms with Crippen LogP contribution in [0.15, 0.2) is 23.1 Å². The number of anilines is 1. The van der Waals surface area contributed by atoms with E-state index in [4.69, 9.17) is 5.73 Å². The molecule has 15 heavy (non-hydrogen) atoms. The lowest BCUT2D eigenvalue weighted by molar-refractivity contribution is 0.592. The van der Waals surface area contributed by atoms with E-state index in [1.54, 1.807) is 18.2 Å². The van der Waals surface area contributed by atoms with Crippen molar-refractivity contribution in [1.82, 2.24) is 0 Å². The fourth-order valence-electron chi connectivity index (χ4n) is 1.64. The molecule has 0 aromatic heterocycles. The summed E-state index contributed by atoms with van der Waals surface area (Å²) in [4.78, 5) is 0.292. The minimum absolute atomic E-state index is 0.250. The first-order chi connectivity index (χ1) is 6.99. The van der Waals surface area contributed by atoms with Crippen molar-refractivity contribution in [2.24, 2.45) is 5.92 Å². The third-order valence-corrected chi connectivity index (χ3v) is 4.60. The summed E-state index contributed by atoms with van der Waals surface area (Å²) in [5.74, 6) is 0.607. The normalized spacial score (nSPS) is 16.6. The second-order valence-electron chi connectivity index (χ2n) is 4.27. The van der Waals surface area contributed by atoms with Crippen molar-refractivity contribution in [1.29, 1.82) is 0 Å². The molecule has 3 nitrogen and oxygen atoms in total. The highest BCUT2D eigenvalue weighted by Crippen LogP contribution is 2.33. The van der Waals surface area contributed by atoms with Crippen LogP contribution < -0.4 is 5.73 Å². The van der Waals surface area contributed by atoms with E-state index in [0.29, 0.717) is 16.5 Å². The van der Waals surface area contributed by atoms with Crippen molar-refractivity contribution >= 4 is 15.5 Å². The van der Waals surface area contributed by atoms with Crippen molar-refractivity contribution in [3.05, 3.63) is 23.8 Å². The zero-order chi connectivity index (χ0) is 11.1. The summed E-state index contributed by atoms with van der Waals surface area (Å²) in [5.41, 5.74) is 7.08. The summed E-state index contributed by atoms with van der Waals surface area (Å²) in [6, 6.07) is 5.11. The molecule has 1 aromatic rings. The third-order valence-electron chi connectivity index (χ3n) is 2.65. The first-order valence-electron chi connectivity index (χ1n) is 5.08. The summed E-state index contributed by atoms with van der Waals surface area (Å²) in [5, 5.41) is 0. The van der Waals surface area contributed by atoms with Gasteiger partial charge in [0.1, 0.15) is 0 Å². The van der Waals surface area contributed by atoms with Gasteiger partial charge >= 0.3 is 0 Å². The van der Waals surface area contributed by atoms with Gasteiger partial charge in [0, 0.05) is 0 Å². The van der Waals surface area contributed by atoms with E-state index in [2.05, 4.69) is 0 Å². The molecular weight excluding hydrogens is 210 g/mol. The van der Waals surface area contributed by atoms with Crippen LogP contribution in [-0.4, -0.2) is 14.2 Å². The van der Waals surface area contributed by atoms with Crippen molar-refractivity contribution < 1.29 is 8.42 Å². The lowest BCUT2D eigenvalue weighted by Gasteiger charge is -2.07. The molecule has 82 valence electrons. The molecule has 0 spiro atoms. The Morgan fingerprint density at radius 3 is 2.60 bits per heavy atom.